The van der Waals surface area contributed by atoms with E-state index in [1.54, 1.807) is 0 Å². The molecule has 0 atom stereocenters. The molecule has 0 bridgehead atoms. The van der Waals surface area contributed by atoms with Crippen LogP contribution in [0.4, 0.5) is 13.2 Å². The number of nitrogens with zero attached hydrogens (tertiary/aromatic N) is 1. The van der Waals surface area contributed by atoms with Gasteiger partial charge < -0.3 is 0 Å². The van der Waals surface area contributed by atoms with E-state index in [9.17, 15) is 13.2 Å². The summed E-state index contributed by atoms with van der Waals surface area (Å²) in [5.74, 6) is -1.14. The molecular weight excluding hydrogens is 191 g/mol. The molecule has 0 amide bonds. The summed E-state index contributed by atoms with van der Waals surface area (Å²) in [6, 6.07) is 1.20. The van der Waals surface area contributed by atoms with Gasteiger partial charge in [-0.3, -0.25) is 0 Å². The van der Waals surface area contributed by atoms with Gasteiger partial charge in [-0.05, 0) is 13.0 Å². The van der Waals surface area contributed by atoms with Crippen LogP contribution in [0.1, 0.15) is 17.8 Å². The van der Waals surface area contributed by atoms with E-state index < -0.39 is 17.9 Å². The van der Waals surface area contributed by atoms with Crippen molar-refractivity contribution in [2.75, 3.05) is 0 Å². The van der Waals surface area contributed by atoms with Gasteiger partial charge in [-0.2, -0.15) is 0 Å². The Kier molecular flexibility index (Phi) is 2.57. The molecule has 66 valence electrons. The Hall–Kier alpha value is -0.770. The van der Waals surface area contributed by atoms with Crippen molar-refractivity contribution in [3.05, 3.63) is 28.3 Å². The van der Waals surface area contributed by atoms with E-state index in [4.69, 9.17) is 11.6 Å². The molecule has 1 nitrogen and oxygen atoms in total. The molecule has 0 aliphatic heterocycles. The second-order valence-corrected chi connectivity index (χ2v) is 2.65. The van der Waals surface area contributed by atoms with Crippen LogP contribution in [0.25, 0.3) is 0 Å². The molecule has 0 N–H and O–H groups in total. The third-order valence-electron chi connectivity index (χ3n) is 1.27. The van der Waals surface area contributed by atoms with Crippen LogP contribution < -0.4 is 0 Å². The smallest absolute Gasteiger partial charge is 0.249 e. The quantitative estimate of drug-likeness (QED) is 0.671. The Morgan fingerprint density at radius 1 is 1.50 bits per heavy atom. The van der Waals surface area contributed by atoms with Crippen LogP contribution >= 0.6 is 11.6 Å². The summed E-state index contributed by atoms with van der Waals surface area (Å²) in [6.07, 6.45) is -2.93. The van der Waals surface area contributed by atoms with Crippen molar-refractivity contribution in [3.8, 4) is 0 Å². The van der Waals surface area contributed by atoms with Gasteiger partial charge in [0.15, 0.2) is 5.82 Å². The maximum Gasteiger partial charge on any atom is 0.283 e. The van der Waals surface area contributed by atoms with Crippen molar-refractivity contribution >= 4 is 11.6 Å². The predicted molar refractivity (Wildman–Crippen MR) is 38.9 cm³/mol. The zero-order chi connectivity index (χ0) is 9.30. The highest BCUT2D eigenvalue weighted by atomic mass is 35.5. The molecule has 5 heteroatoms. The second kappa shape index (κ2) is 3.31. The molecular formula is C7H5ClF3N. The van der Waals surface area contributed by atoms with E-state index in [1.165, 1.54) is 13.0 Å². The molecule has 1 aromatic heterocycles. The standard InChI is InChI=1S/C7H5ClF3N/c1-3-2-4(8)5(9)6(12-3)7(10)11/h2,7H,1H3. The summed E-state index contributed by atoms with van der Waals surface area (Å²) in [4.78, 5) is 3.32. The van der Waals surface area contributed by atoms with Crippen LogP contribution in [0.15, 0.2) is 6.07 Å². The number of halogens is 4. The van der Waals surface area contributed by atoms with Gasteiger partial charge in [0.1, 0.15) is 5.69 Å². The molecule has 0 saturated heterocycles. The number of aryl methyl sites for hydroxylation is 1. The van der Waals surface area contributed by atoms with Crippen molar-refractivity contribution in [2.24, 2.45) is 0 Å². The Morgan fingerprint density at radius 2 is 2.08 bits per heavy atom. The van der Waals surface area contributed by atoms with Gasteiger partial charge in [0.05, 0.1) is 5.02 Å². The second-order valence-electron chi connectivity index (χ2n) is 2.25. The highest BCUT2D eigenvalue weighted by Crippen LogP contribution is 2.25. The lowest BCUT2D eigenvalue weighted by Gasteiger charge is -2.03. The maximum atomic E-state index is 12.8. The predicted octanol–water partition coefficient (Wildman–Crippen LogP) is 3.12. The van der Waals surface area contributed by atoms with E-state index in [0.717, 1.165) is 0 Å². The Labute approximate surface area is 72.2 Å². The van der Waals surface area contributed by atoms with E-state index in [2.05, 4.69) is 4.98 Å². The number of aromatic nitrogens is 1. The van der Waals surface area contributed by atoms with Gasteiger partial charge in [-0.25, -0.2) is 18.2 Å². The first-order valence-corrected chi connectivity index (χ1v) is 3.51. The van der Waals surface area contributed by atoms with Crippen molar-refractivity contribution in [3.63, 3.8) is 0 Å². The van der Waals surface area contributed by atoms with E-state index in [0.29, 0.717) is 0 Å². The number of alkyl halides is 2. The van der Waals surface area contributed by atoms with Crippen LogP contribution in [0.3, 0.4) is 0 Å². The molecule has 1 rings (SSSR count). The molecule has 1 aromatic rings. The van der Waals surface area contributed by atoms with Gasteiger partial charge in [0.2, 0.25) is 0 Å². The van der Waals surface area contributed by atoms with Crippen molar-refractivity contribution in [1.29, 1.82) is 0 Å². The third-order valence-corrected chi connectivity index (χ3v) is 1.55. The largest absolute Gasteiger partial charge is 0.283 e. The Bertz CT molecular complexity index is 301. The number of hydrogen-bond donors (Lipinski definition) is 0. The number of pyridine rings is 1. The summed E-state index contributed by atoms with van der Waals surface area (Å²) in [5.41, 5.74) is -0.614. The van der Waals surface area contributed by atoms with Gasteiger partial charge in [-0.15, -0.1) is 0 Å². The molecule has 0 aliphatic carbocycles. The molecule has 12 heavy (non-hydrogen) atoms. The summed E-state index contributed by atoms with van der Waals surface area (Å²) < 4.78 is 36.8. The number of hydrogen-bond acceptors (Lipinski definition) is 1. The minimum Gasteiger partial charge on any atom is -0.249 e. The fourth-order valence-electron chi connectivity index (χ4n) is 0.785. The highest BCUT2D eigenvalue weighted by Gasteiger charge is 2.18. The lowest BCUT2D eigenvalue weighted by molar-refractivity contribution is 0.140. The van der Waals surface area contributed by atoms with Crippen molar-refractivity contribution in [1.82, 2.24) is 4.98 Å². The lowest BCUT2D eigenvalue weighted by atomic mass is 10.3. The zero-order valence-corrected chi connectivity index (χ0v) is 6.87. The fourth-order valence-corrected chi connectivity index (χ4v) is 1.04. The average molecular weight is 196 g/mol. The normalized spacial score (nSPS) is 10.8. The van der Waals surface area contributed by atoms with Gasteiger partial charge >= 0.3 is 0 Å². The number of rotatable bonds is 1. The van der Waals surface area contributed by atoms with Gasteiger partial charge in [-0.1, -0.05) is 11.6 Å². The summed E-state index contributed by atoms with van der Waals surface area (Å²) in [6.45, 7) is 1.47. The van der Waals surface area contributed by atoms with Crippen LogP contribution in [0, 0.1) is 12.7 Å². The highest BCUT2D eigenvalue weighted by molar-refractivity contribution is 6.30. The van der Waals surface area contributed by atoms with Crippen LogP contribution in [-0.2, 0) is 0 Å². The fraction of sp³-hybridized carbons (Fsp3) is 0.286. The van der Waals surface area contributed by atoms with Crippen LogP contribution in [0.2, 0.25) is 5.02 Å². The molecule has 0 saturated carbocycles. The summed E-state index contributed by atoms with van der Waals surface area (Å²) >= 11 is 5.31. The SMILES string of the molecule is Cc1cc(Cl)c(F)c(C(F)F)n1. The maximum absolute atomic E-state index is 12.8. The molecule has 0 aromatic carbocycles. The summed E-state index contributed by atoms with van der Waals surface area (Å²) in [5, 5.41) is -0.321. The van der Waals surface area contributed by atoms with Crippen LogP contribution in [0.5, 0.6) is 0 Å². The van der Waals surface area contributed by atoms with Crippen molar-refractivity contribution < 1.29 is 13.2 Å². The molecule has 1 heterocycles. The zero-order valence-electron chi connectivity index (χ0n) is 6.11. The Morgan fingerprint density at radius 3 is 2.58 bits per heavy atom. The van der Waals surface area contributed by atoms with Gasteiger partial charge in [0.25, 0.3) is 6.43 Å². The lowest BCUT2D eigenvalue weighted by Crippen LogP contribution is -1.98. The molecule has 0 spiro atoms. The van der Waals surface area contributed by atoms with E-state index in [-0.39, 0.29) is 10.7 Å². The topological polar surface area (TPSA) is 12.9 Å². The molecule has 0 fully saturated rings. The monoisotopic (exact) mass is 195 g/mol. The van der Waals surface area contributed by atoms with Gasteiger partial charge in [0, 0.05) is 5.69 Å². The first-order chi connectivity index (χ1) is 5.52. The van der Waals surface area contributed by atoms with E-state index >= 15 is 0 Å². The third kappa shape index (κ3) is 1.69. The first-order valence-electron chi connectivity index (χ1n) is 3.13. The van der Waals surface area contributed by atoms with Crippen LogP contribution in [-0.4, -0.2) is 4.98 Å². The molecule has 0 aliphatic rings. The first kappa shape index (κ1) is 9.32. The minimum absolute atomic E-state index is 0.275. The average Bonchev–Trinajstić information content (AvgIpc) is 1.96. The Balaban J connectivity index is 3.28. The van der Waals surface area contributed by atoms with Crippen molar-refractivity contribution in [2.45, 2.75) is 13.3 Å². The van der Waals surface area contributed by atoms with E-state index in [1.807, 2.05) is 0 Å². The minimum atomic E-state index is -2.93. The molecule has 0 radical (unpaired) electrons. The summed E-state index contributed by atoms with van der Waals surface area (Å²) in [7, 11) is 0. The molecule has 0 unspecified atom stereocenters.